The van der Waals surface area contributed by atoms with E-state index in [9.17, 15) is 13.2 Å². The second kappa shape index (κ2) is 8.53. The van der Waals surface area contributed by atoms with Gasteiger partial charge in [-0.25, -0.2) is 13.1 Å². The number of nitrogens with two attached hydrogens (primary N) is 1. The van der Waals surface area contributed by atoms with Crippen molar-refractivity contribution in [3.8, 4) is 0 Å². The Hall–Kier alpha value is -2.29. The highest BCUT2D eigenvalue weighted by atomic mass is 32.2. The lowest BCUT2D eigenvalue weighted by Gasteiger charge is -2.09. The summed E-state index contributed by atoms with van der Waals surface area (Å²) in [5.74, 6) is -0.184. The number of pyridine rings is 1. The van der Waals surface area contributed by atoms with E-state index in [0.717, 1.165) is 5.56 Å². The van der Waals surface area contributed by atoms with E-state index < -0.39 is 10.0 Å². The number of sulfonamides is 1. The summed E-state index contributed by atoms with van der Waals surface area (Å²) in [6.07, 6.45) is 4.24. The van der Waals surface area contributed by atoms with Crippen LogP contribution in [0.3, 0.4) is 0 Å². The van der Waals surface area contributed by atoms with Crippen LogP contribution in [0.15, 0.2) is 53.7 Å². The number of hydrogen-bond acceptors (Lipinski definition) is 5. The van der Waals surface area contributed by atoms with Crippen molar-refractivity contribution < 1.29 is 13.2 Å². The lowest BCUT2D eigenvalue weighted by molar-refractivity contribution is -0.116. The molecule has 0 saturated heterocycles. The van der Waals surface area contributed by atoms with Crippen molar-refractivity contribution in [3.05, 3.63) is 54.4 Å². The van der Waals surface area contributed by atoms with E-state index in [0.29, 0.717) is 18.5 Å². The molecule has 0 atom stereocenters. The van der Waals surface area contributed by atoms with Gasteiger partial charge in [-0.05, 0) is 42.3 Å². The second-order valence-corrected chi connectivity index (χ2v) is 6.88. The standard InChI is InChI=1S/C16H20N4O3S/c17-8-11-19-24(22,23)15-3-1-2-14(12-15)20-16(21)5-4-13-6-9-18-10-7-13/h1-3,6-7,9-10,12,19H,4-5,8,11,17H2,(H,20,21). The molecule has 0 unspecified atom stereocenters. The summed E-state index contributed by atoms with van der Waals surface area (Å²) >= 11 is 0. The second-order valence-electron chi connectivity index (χ2n) is 5.12. The zero-order chi connectivity index (χ0) is 17.4. The summed E-state index contributed by atoms with van der Waals surface area (Å²) in [5.41, 5.74) is 6.75. The Kier molecular flexibility index (Phi) is 6.42. The van der Waals surface area contributed by atoms with Crippen LogP contribution in [0.1, 0.15) is 12.0 Å². The summed E-state index contributed by atoms with van der Waals surface area (Å²) in [6.45, 7) is 0.371. The molecule has 1 heterocycles. The minimum atomic E-state index is -3.62. The Morgan fingerprint density at radius 3 is 2.62 bits per heavy atom. The van der Waals surface area contributed by atoms with Crippen LogP contribution in [0.2, 0.25) is 0 Å². The van der Waals surface area contributed by atoms with Crippen LogP contribution >= 0.6 is 0 Å². The molecule has 0 fully saturated rings. The zero-order valence-corrected chi connectivity index (χ0v) is 13.9. The molecule has 1 amide bonds. The average molecular weight is 348 g/mol. The van der Waals surface area contributed by atoms with E-state index in [1.807, 2.05) is 12.1 Å². The number of anilines is 1. The minimum Gasteiger partial charge on any atom is -0.329 e. The van der Waals surface area contributed by atoms with Crippen LogP contribution in [0.5, 0.6) is 0 Å². The van der Waals surface area contributed by atoms with Gasteiger partial charge in [0.25, 0.3) is 0 Å². The van der Waals surface area contributed by atoms with Gasteiger partial charge in [-0.15, -0.1) is 0 Å². The van der Waals surface area contributed by atoms with Gasteiger partial charge in [0.15, 0.2) is 0 Å². The normalized spacial score (nSPS) is 11.2. The fourth-order valence-electron chi connectivity index (χ4n) is 2.05. The number of rotatable bonds is 8. The van der Waals surface area contributed by atoms with Crippen LogP contribution in [-0.4, -0.2) is 32.4 Å². The van der Waals surface area contributed by atoms with Crippen molar-refractivity contribution in [2.24, 2.45) is 5.73 Å². The minimum absolute atomic E-state index is 0.0860. The number of nitrogens with zero attached hydrogens (tertiary/aromatic N) is 1. The third-order valence-electron chi connectivity index (χ3n) is 3.25. The number of nitrogens with one attached hydrogen (secondary N) is 2. The van der Waals surface area contributed by atoms with Crippen molar-refractivity contribution in [2.45, 2.75) is 17.7 Å². The Labute approximate surface area is 141 Å². The van der Waals surface area contributed by atoms with E-state index >= 15 is 0 Å². The van der Waals surface area contributed by atoms with Gasteiger partial charge in [0.2, 0.25) is 15.9 Å². The third kappa shape index (κ3) is 5.41. The van der Waals surface area contributed by atoms with Gasteiger partial charge in [0.05, 0.1) is 4.90 Å². The monoisotopic (exact) mass is 348 g/mol. The maximum Gasteiger partial charge on any atom is 0.240 e. The van der Waals surface area contributed by atoms with E-state index in [4.69, 9.17) is 5.73 Å². The molecule has 0 saturated carbocycles. The quantitative estimate of drug-likeness (QED) is 0.655. The highest BCUT2D eigenvalue weighted by Gasteiger charge is 2.14. The first-order valence-electron chi connectivity index (χ1n) is 7.50. The summed E-state index contributed by atoms with van der Waals surface area (Å²) in [4.78, 5) is 16.0. The molecule has 2 rings (SSSR count). The maximum absolute atomic E-state index is 12.1. The lowest BCUT2D eigenvalue weighted by Crippen LogP contribution is -2.29. The number of aromatic nitrogens is 1. The Morgan fingerprint density at radius 2 is 1.92 bits per heavy atom. The fraction of sp³-hybridized carbons (Fsp3) is 0.250. The summed E-state index contributed by atoms with van der Waals surface area (Å²) in [5, 5.41) is 2.71. The third-order valence-corrected chi connectivity index (χ3v) is 4.71. The van der Waals surface area contributed by atoms with Crippen molar-refractivity contribution >= 4 is 21.6 Å². The van der Waals surface area contributed by atoms with Gasteiger partial charge in [-0.3, -0.25) is 9.78 Å². The molecule has 128 valence electrons. The first kappa shape index (κ1) is 18.1. The predicted octanol–water partition coefficient (Wildman–Crippen LogP) is 0.890. The molecule has 0 bridgehead atoms. The molecule has 0 radical (unpaired) electrons. The molecule has 1 aromatic carbocycles. The SMILES string of the molecule is NCCNS(=O)(=O)c1cccc(NC(=O)CCc2ccncc2)c1. The van der Waals surface area contributed by atoms with E-state index in [2.05, 4.69) is 15.0 Å². The molecule has 4 N–H and O–H groups in total. The molecule has 0 spiro atoms. The molecule has 7 nitrogen and oxygen atoms in total. The van der Waals surface area contributed by atoms with Crippen LogP contribution in [0.4, 0.5) is 5.69 Å². The Balaban J connectivity index is 1.97. The van der Waals surface area contributed by atoms with Gasteiger partial charge in [-0.1, -0.05) is 6.07 Å². The Bertz CT molecular complexity index is 779. The van der Waals surface area contributed by atoms with Gasteiger partial charge in [0.1, 0.15) is 0 Å². The van der Waals surface area contributed by atoms with Crippen LogP contribution in [-0.2, 0) is 21.2 Å². The number of benzene rings is 1. The topological polar surface area (TPSA) is 114 Å². The first-order chi connectivity index (χ1) is 11.5. The van der Waals surface area contributed by atoms with Crippen molar-refractivity contribution in [3.63, 3.8) is 0 Å². The number of carbonyl (C=O) groups excluding carboxylic acids is 1. The van der Waals surface area contributed by atoms with Crippen molar-refractivity contribution in [2.75, 3.05) is 18.4 Å². The van der Waals surface area contributed by atoms with Crippen molar-refractivity contribution in [1.82, 2.24) is 9.71 Å². The molecule has 1 aromatic heterocycles. The number of aryl methyl sites for hydroxylation is 1. The first-order valence-corrected chi connectivity index (χ1v) is 8.98. The largest absolute Gasteiger partial charge is 0.329 e. The molecule has 0 aliphatic rings. The van der Waals surface area contributed by atoms with Crippen LogP contribution < -0.4 is 15.8 Å². The zero-order valence-electron chi connectivity index (χ0n) is 13.1. The molecule has 8 heteroatoms. The summed E-state index contributed by atoms with van der Waals surface area (Å²) < 4.78 is 26.5. The van der Waals surface area contributed by atoms with Gasteiger partial charge >= 0.3 is 0 Å². The maximum atomic E-state index is 12.1. The van der Waals surface area contributed by atoms with E-state index in [-0.39, 0.29) is 23.9 Å². The van der Waals surface area contributed by atoms with Crippen molar-refractivity contribution in [1.29, 1.82) is 0 Å². The smallest absolute Gasteiger partial charge is 0.240 e. The number of carbonyl (C=O) groups is 1. The molecule has 0 aliphatic heterocycles. The molecular weight excluding hydrogens is 328 g/mol. The number of hydrogen-bond donors (Lipinski definition) is 3. The fourth-order valence-corrected chi connectivity index (χ4v) is 3.14. The molecular formula is C16H20N4O3S. The van der Waals surface area contributed by atoms with Crippen LogP contribution in [0, 0.1) is 0 Å². The average Bonchev–Trinajstić information content (AvgIpc) is 2.59. The van der Waals surface area contributed by atoms with Gasteiger partial charge in [0, 0.05) is 37.6 Å². The summed E-state index contributed by atoms with van der Waals surface area (Å²) in [6, 6.07) is 9.81. The van der Waals surface area contributed by atoms with Gasteiger partial charge in [-0.2, -0.15) is 0 Å². The highest BCUT2D eigenvalue weighted by molar-refractivity contribution is 7.89. The van der Waals surface area contributed by atoms with Gasteiger partial charge < -0.3 is 11.1 Å². The number of amides is 1. The van der Waals surface area contributed by atoms with Crippen LogP contribution in [0.25, 0.3) is 0 Å². The predicted molar refractivity (Wildman–Crippen MR) is 91.9 cm³/mol. The summed E-state index contributed by atoms with van der Waals surface area (Å²) in [7, 11) is -3.62. The van der Waals surface area contributed by atoms with E-state index in [1.54, 1.807) is 24.5 Å². The molecule has 2 aromatic rings. The molecule has 24 heavy (non-hydrogen) atoms. The Morgan fingerprint density at radius 1 is 1.17 bits per heavy atom. The highest BCUT2D eigenvalue weighted by Crippen LogP contribution is 2.15. The van der Waals surface area contributed by atoms with E-state index in [1.165, 1.54) is 12.1 Å². The lowest BCUT2D eigenvalue weighted by atomic mass is 10.1. The molecule has 0 aliphatic carbocycles.